The molecule has 1 amide bonds. The van der Waals surface area contributed by atoms with Crippen molar-refractivity contribution in [3.63, 3.8) is 0 Å². The Morgan fingerprint density at radius 3 is 2.38 bits per heavy atom. The molecule has 1 rings (SSSR count). The second kappa shape index (κ2) is 7.44. The van der Waals surface area contributed by atoms with Gasteiger partial charge in [-0.2, -0.15) is 0 Å². The Balaban J connectivity index is 0.00000106. The number of hydrogen-bond acceptors (Lipinski definition) is 2. The van der Waals surface area contributed by atoms with Crippen LogP contribution in [0.25, 0.3) is 0 Å². The average molecular weight is 241 g/mol. The summed E-state index contributed by atoms with van der Waals surface area (Å²) >= 11 is 1.77. The van der Waals surface area contributed by atoms with Crippen molar-refractivity contribution in [2.24, 2.45) is 0 Å². The molecule has 16 heavy (non-hydrogen) atoms. The number of thiophene rings is 1. The monoisotopic (exact) mass is 241 g/mol. The molecule has 0 saturated heterocycles. The number of rotatable bonds is 3. The first-order chi connectivity index (χ1) is 7.50. The van der Waals surface area contributed by atoms with E-state index in [9.17, 15) is 4.79 Å². The minimum absolute atomic E-state index is 0.113. The summed E-state index contributed by atoms with van der Waals surface area (Å²) in [5, 5.41) is 2.13. The van der Waals surface area contributed by atoms with Gasteiger partial charge in [0.25, 0.3) is 0 Å². The summed E-state index contributed by atoms with van der Waals surface area (Å²) in [7, 11) is 1.83. The van der Waals surface area contributed by atoms with Gasteiger partial charge in [0.15, 0.2) is 0 Å². The van der Waals surface area contributed by atoms with Gasteiger partial charge in [0.2, 0.25) is 5.91 Å². The van der Waals surface area contributed by atoms with Crippen molar-refractivity contribution in [2.75, 3.05) is 7.05 Å². The fraction of sp³-hybridized carbons (Fsp3) is 0.615. The third-order valence-electron chi connectivity index (χ3n) is 2.20. The van der Waals surface area contributed by atoms with E-state index in [0.717, 1.165) is 6.54 Å². The van der Waals surface area contributed by atoms with E-state index in [4.69, 9.17) is 0 Å². The van der Waals surface area contributed by atoms with Gasteiger partial charge >= 0.3 is 0 Å². The molecule has 1 aromatic rings. The quantitative estimate of drug-likeness (QED) is 0.786. The molecule has 0 spiro atoms. The molecule has 0 aliphatic carbocycles. The van der Waals surface area contributed by atoms with Gasteiger partial charge in [-0.1, -0.05) is 27.7 Å². The normalized spacial score (nSPS) is 9.69. The van der Waals surface area contributed by atoms with Crippen LogP contribution in [0.2, 0.25) is 0 Å². The molecule has 0 aromatic carbocycles. The molecular weight excluding hydrogens is 218 g/mol. The van der Waals surface area contributed by atoms with Crippen LogP contribution in [0.1, 0.15) is 51.0 Å². The van der Waals surface area contributed by atoms with E-state index in [1.54, 1.807) is 23.2 Å². The lowest BCUT2D eigenvalue weighted by Crippen LogP contribution is -2.22. The Hall–Kier alpha value is -0.830. The molecule has 92 valence electrons. The molecule has 0 fully saturated rings. The Kier molecular flexibility index (Phi) is 7.06. The summed E-state index contributed by atoms with van der Waals surface area (Å²) in [6, 6.07) is 2.19. The van der Waals surface area contributed by atoms with Crippen LogP contribution in [-0.2, 0) is 11.3 Å². The van der Waals surface area contributed by atoms with Gasteiger partial charge in [0.05, 0.1) is 0 Å². The maximum absolute atomic E-state index is 11.0. The number of nitrogens with zero attached hydrogens (tertiary/aromatic N) is 1. The van der Waals surface area contributed by atoms with Gasteiger partial charge in [0.1, 0.15) is 0 Å². The van der Waals surface area contributed by atoms with E-state index < -0.39 is 0 Å². The Morgan fingerprint density at radius 1 is 1.44 bits per heavy atom. The Bertz CT molecular complexity index is 317. The summed E-state index contributed by atoms with van der Waals surface area (Å²) in [5.74, 6) is 0.693. The zero-order chi connectivity index (χ0) is 12.7. The van der Waals surface area contributed by atoms with E-state index >= 15 is 0 Å². The minimum Gasteiger partial charge on any atom is -0.342 e. The molecule has 1 heterocycles. The van der Waals surface area contributed by atoms with E-state index in [1.807, 2.05) is 20.9 Å². The number of carbonyl (C=O) groups is 1. The molecule has 1 aromatic heterocycles. The second-order valence-electron chi connectivity index (χ2n) is 3.89. The van der Waals surface area contributed by atoms with Crippen molar-refractivity contribution >= 4 is 17.2 Å². The minimum atomic E-state index is 0.113. The summed E-state index contributed by atoms with van der Waals surface area (Å²) in [4.78, 5) is 14.1. The Morgan fingerprint density at radius 2 is 2.00 bits per heavy atom. The van der Waals surface area contributed by atoms with Crippen LogP contribution in [-0.4, -0.2) is 17.9 Å². The van der Waals surface area contributed by atoms with Gasteiger partial charge in [-0.15, -0.1) is 11.3 Å². The summed E-state index contributed by atoms with van der Waals surface area (Å²) in [6.07, 6.45) is 0. The zero-order valence-electron chi connectivity index (χ0n) is 11.2. The summed E-state index contributed by atoms with van der Waals surface area (Å²) in [6.45, 7) is 10.7. The molecule has 0 atom stereocenters. The molecule has 0 bridgehead atoms. The van der Waals surface area contributed by atoms with Gasteiger partial charge in [-0.25, -0.2) is 0 Å². The third kappa shape index (κ3) is 4.79. The highest BCUT2D eigenvalue weighted by atomic mass is 32.1. The molecule has 3 heteroatoms. The van der Waals surface area contributed by atoms with E-state index in [2.05, 4.69) is 25.3 Å². The standard InChI is InChI=1S/C11H17NOS.C2H6/c1-8(2)11-5-10(7-14-11)6-12(4)9(3)13;1-2/h5,7-8H,6H2,1-4H3;1-2H3. The lowest BCUT2D eigenvalue weighted by Gasteiger charge is -2.13. The highest BCUT2D eigenvalue weighted by Crippen LogP contribution is 2.23. The van der Waals surface area contributed by atoms with Crippen LogP contribution in [0.5, 0.6) is 0 Å². The molecule has 2 nitrogen and oxygen atoms in total. The predicted octanol–water partition coefficient (Wildman–Crippen LogP) is 3.88. The molecule has 0 aliphatic rings. The Labute approximate surface area is 103 Å². The molecule has 0 unspecified atom stereocenters. The van der Waals surface area contributed by atoms with Crippen molar-refractivity contribution in [2.45, 2.75) is 47.1 Å². The third-order valence-corrected chi connectivity index (χ3v) is 3.48. The molecule has 0 saturated carbocycles. The first-order valence-electron chi connectivity index (χ1n) is 5.79. The van der Waals surface area contributed by atoms with Crippen LogP contribution >= 0.6 is 11.3 Å². The lowest BCUT2D eigenvalue weighted by molar-refractivity contribution is -0.128. The van der Waals surface area contributed by atoms with Crippen molar-refractivity contribution < 1.29 is 4.79 Å². The smallest absolute Gasteiger partial charge is 0.219 e. The maximum Gasteiger partial charge on any atom is 0.219 e. The predicted molar refractivity (Wildman–Crippen MR) is 71.9 cm³/mol. The largest absolute Gasteiger partial charge is 0.342 e. The number of hydrogen-bond donors (Lipinski definition) is 0. The van der Waals surface area contributed by atoms with Crippen LogP contribution < -0.4 is 0 Å². The zero-order valence-corrected chi connectivity index (χ0v) is 12.0. The highest BCUT2D eigenvalue weighted by molar-refractivity contribution is 7.10. The van der Waals surface area contributed by atoms with Crippen molar-refractivity contribution in [1.29, 1.82) is 0 Å². The van der Waals surface area contributed by atoms with Crippen molar-refractivity contribution in [1.82, 2.24) is 4.90 Å². The van der Waals surface area contributed by atoms with Gasteiger partial charge in [0, 0.05) is 25.4 Å². The molecule has 0 aliphatic heterocycles. The van der Waals surface area contributed by atoms with Gasteiger partial charge in [-0.3, -0.25) is 4.79 Å². The number of amides is 1. The number of carbonyl (C=O) groups excluding carboxylic acids is 1. The molecule has 0 radical (unpaired) electrons. The molecule has 0 N–H and O–H groups in total. The van der Waals surface area contributed by atoms with E-state index in [0.29, 0.717) is 5.92 Å². The fourth-order valence-corrected chi connectivity index (χ4v) is 2.09. The summed E-state index contributed by atoms with van der Waals surface area (Å²) < 4.78 is 0. The van der Waals surface area contributed by atoms with Crippen molar-refractivity contribution in [3.8, 4) is 0 Å². The average Bonchev–Trinajstić information content (AvgIpc) is 2.69. The van der Waals surface area contributed by atoms with Crippen LogP contribution in [0.15, 0.2) is 11.4 Å². The maximum atomic E-state index is 11.0. The molecular formula is C13H23NOS. The summed E-state index contributed by atoms with van der Waals surface area (Å²) in [5.41, 5.74) is 1.23. The van der Waals surface area contributed by atoms with Crippen molar-refractivity contribution in [3.05, 3.63) is 21.9 Å². The van der Waals surface area contributed by atoms with Gasteiger partial charge in [-0.05, 0) is 22.9 Å². The van der Waals surface area contributed by atoms with Gasteiger partial charge < -0.3 is 4.90 Å². The van der Waals surface area contributed by atoms with Crippen LogP contribution in [0, 0.1) is 0 Å². The topological polar surface area (TPSA) is 20.3 Å². The van der Waals surface area contributed by atoms with E-state index in [-0.39, 0.29) is 5.91 Å². The fourth-order valence-electron chi connectivity index (χ4n) is 1.17. The SMILES string of the molecule is CC.CC(=O)N(C)Cc1csc(C(C)C)c1. The van der Waals surface area contributed by atoms with E-state index in [1.165, 1.54) is 10.4 Å². The first-order valence-corrected chi connectivity index (χ1v) is 6.67. The second-order valence-corrected chi connectivity index (χ2v) is 4.83. The van der Waals surface area contributed by atoms with Crippen LogP contribution in [0.4, 0.5) is 0 Å². The highest BCUT2D eigenvalue weighted by Gasteiger charge is 2.07. The van der Waals surface area contributed by atoms with Crippen LogP contribution in [0.3, 0.4) is 0 Å². The first kappa shape index (κ1) is 15.2. The lowest BCUT2D eigenvalue weighted by atomic mass is 10.1.